The number of benzene rings is 1. The molecule has 1 atom stereocenters. The van der Waals surface area contributed by atoms with Crippen LogP contribution in [0.25, 0.3) is 0 Å². The van der Waals surface area contributed by atoms with Crippen molar-refractivity contribution in [3.63, 3.8) is 0 Å². The van der Waals surface area contributed by atoms with Crippen molar-refractivity contribution in [1.82, 2.24) is 4.90 Å². The summed E-state index contributed by atoms with van der Waals surface area (Å²) >= 11 is 0. The Bertz CT molecular complexity index is 349. The second-order valence-corrected chi connectivity index (χ2v) is 6.14. The molecule has 1 aliphatic heterocycles. The Kier molecular flexibility index (Phi) is 4.41. The lowest BCUT2D eigenvalue weighted by Gasteiger charge is -2.30. The Labute approximate surface area is 111 Å². The molecule has 1 aliphatic rings. The highest BCUT2D eigenvalue weighted by Gasteiger charge is 2.24. The van der Waals surface area contributed by atoms with Crippen LogP contribution in [0.5, 0.6) is 0 Å². The third-order valence-electron chi connectivity index (χ3n) is 3.29. The summed E-state index contributed by atoms with van der Waals surface area (Å²) in [5.41, 5.74) is 1.19. The van der Waals surface area contributed by atoms with Crippen LogP contribution in [-0.2, 0) is 4.74 Å². The van der Waals surface area contributed by atoms with Gasteiger partial charge in [0.15, 0.2) is 0 Å². The van der Waals surface area contributed by atoms with Crippen LogP contribution in [0.4, 0.5) is 0 Å². The van der Waals surface area contributed by atoms with Crippen molar-refractivity contribution in [2.75, 3.05) is 19.6 Å². The second kappa shape index (κ2) is 5.85. The van der Waals surface area contributed by atoms with Crippen LogP contribution >= 0.6 is 0 Å². The van der Waals surface area contributed by atoms with E-state index in [-0.39, 0.29) is 11.7 Å². The summed E-state index contributed by atoms with van der Waals surface area (Å²) in [6, 6.07) is 10.6. The maximum Gasteiger partial charge on any atom is 0.0958 e. The minimum atomic E-state index is -0.0970. The average Bonchev–Trinajstić information content (AvgIpc) is 2.80. The largest absolute Gasteiger partial charge is 0.367 e. The number of hydrogen-bond acceptors (Lipinski definition) is 2. The zero-order valence-electron chi connectivity index (χ0n) is 11.9. The summed E-state index contributed by atoms with van der Waals surface area (Å²) in [6.45, 7) is 9.85. The number of likely N-dealkylation sites (tertiary alicyclic amines) is 1. The Morgan fingerprint density at radius 1 is 1.11 bits per heavy atom. The molecule has 2 heteroatoms. The van der Waals surface area contributed by atoms with E-state index >= 15 is 0 Å². The normalized spacial score (nSPS) is 19.1. The van der Waals surface area contributed by atoms with E-state index in [1.54, 1.807) is 0 Å². The van der Waals surface area contributed by atoms with E-state index in [0.29, 0.717) is 0 Å². The molecule has 1 fully saturated rings. The van der Waals surface area contributed by atoms with Gasteiger partial charge in [0, 0.05) is 6.54 Å². The van der Waals surface area contributed by atoms with Gasteiger partial charge in [0.05, 0.1) is 11.7 Å². The van der Waals surface area contributed by atoms with E-state index in [4.69, 9.17) is 4.74 Å². The van der Waals surface area contributed by atoms with Crippen molar-refractivity contribution in [3.05, 3.63) is 35.9 Å². The Hall–Kier alpha value is -0.860. The van der Waals surface area contributed by atoms with Crippen molar-refractivity contribution in [3.8, 4) is 0 Å². The van der Waals surface area contributed by atoms with E-state index < -0.39 is 0 Å². The predicted molar refractivity (Wildman–Crippen MR) is 75.7 cm³/mol. The molecule has 0 bridgehead atoms. The molecule has 1 aromatic carbocycles. The quantitative estimate of drug-likeness (QED) is 0.805. The van der Waals surface area contributed by atoms with Gasteiger partial charge in [-0.05, 0) is 52.3 Å². The Morgan fingerprint density at radius 3 is 2.28 bits per heavy atom. The monoisotopic (exact) mass is 247 g/mol. The lowest BCUT2D eigenvalue weighted by Crippen LogP contribution is -2.31. The molecule has 0 amide bonds. The van der Waals surface area contributed by atoms with Gasteiger partial charge in [0.1, 0.15) is 0 Å². The van der Waals surface area contributed by atoms with Crippen molar-refractivity contribution < 1.29 is 4.74 Å². The fourth-order valence-corrected chi connectivity index (χ4v) is 2.50. The third kappa shape index (κ3) is 4.11. The highest BCUT2D eigenvalue weighted by atomic mass is 16.5. The molecule has 1 heterocycles. The van der Waals surface area contributed by atoms with Crippen molar-refractivity contribution in [2.45, 2.75) is 45.3 Å². The Balaban J connectivity index is 2.07. The van der Waals surface area contributed by atoms with Gasteiger partial charge in [-0.25, -0.2) is 0 Å². The molecule has 0 N–H and O–H groups in total. The van der Waals surface area contributed by atoms with Crippen molar-refractivity contribution >= 4 is 0 Å². The first kappa shape index (κ1) is 13.6. The van der Waals surface area contributed by atoms with Gasteiger partial charge in [-0.1, -0.05) is 30.3 Å². The molecular formula is C16H25NO. The van der Waals surface area contributed by atoms with Crippen LogP contribution in [0.2, 0.25) is 0 Å². The Morgan fingerprint density at radius 2 is 1.72 bits per heavy atom. The highest BCUT2D eigenvalue weighted by Crippen LogP contribution is 2.26. The van der Waals surface area contributed by atoms with Crippen molar-refractivity contribution in [2.24, 2.45) is 0 Å². The molecule has 0 aliphatic carbocycles. The second-order valence-electron chi connectivity index (χ2n) is 6.14. The number of hydrogen-bond donors (Lipinski definition) is 0. The van der Waals surface area contributed by atoms with Crippen LogP contribution < -0.4 is 0 Å². The molecule has 0 radical (unpaired) electrons. The molecule has 18 heavy (non-hydrogen) atoms. The molecule has 2 nitrogen and oxygen atoms in total. The first-order valence-corrected chi connectivity index (χ1v) is 7.00. The highest BCUT2D eigenvalue weighted by molar-refractivity contribution is 5.18. The van der Waals surface area contributed by atoms with Gasteiger partial charge < -0.3 is 9.64 Å². The van der Waals surface area contributed by atoms with Crippen LogP contribution in [0.1, 0.15) is 45.3 Å². The average molecular weight is 247 g/mol. The van der Waals surface area contributed by atoms with Gasteiger partial charge >= 0.3 is 0 Å². The smallest absolute Gasteiger partial charge is 0.0958 e. The topological polar surface area (TPSA) is 12.5 Å². The lowest BCUT2D eigenvalue weighted by molar-refractivity contribution is -0.0719. The fourth-order valence-electron chi connectivity index (χ4n) is 2.50. The summed E-state index contributed by atoms with van der Waals surface area (Å²) < 4.78 is 6.24. The first-order chi connectivity index (χ1) is 8.54. The van der Waals surface area contributed by atoms with Crippen LogP contribution in [0, 0.1) is 0 Å². The molecule has 0 spiro atoms. The minimum absolute atomic E-state index is 0.0970. The first-order valence-electron chi connectivity index (χ1n) is 7.00. The maximum absolute atomic E-state index is 6.24. The molecule has 2 rings (SSSR count). The van der Waals surface area contributed by atoms with E-state index in [2.05, 4.69) is 56.0 Å². The summed E-state index contributed by atoms with van der Waals surface area (Å²) in [6.07, 6.45) is 2.85. The van der Waals surface area contributed by atoms with Gasteiger partial charge in [-0.15, -0.1) is 0 Å². The van der Waals surface area contributed by atoms with Gasteiger partial charge in [-0.2, -0.15) is 0 Å². The third-order valence-corrected chi connectivity index (χ3v) is 3.29. The number of ether oxygens (including phenoxy) is 1. The van der Waals surface area contributed by atoms with Gasteiger partial charge in [0.25, 0.3) is 0 Å². The summed E-state index contributed by atoms with van der Waals surface area (Å²) in [5.74, 6) is 0. The SMILES string of the molecule is CC(C)(C)OC(CN1CCCC1)c1ccccc1. The lowest BCUT2D eigenvalue weighted by atomic mass is 10.1. The number of rotatable bonds is 4. The van der Waals surface area contributed by atoms with Gasteiger partial charge in [-0.3, -0.25) is 0 Å². The minimum Gasteiger partial charge on any atom is -0.367 e. The van der Waals surface area contributed by atoms with E-state index in [0.717, 1.165) is 6.54 Å². The van der Waals surface area contributed by atoms with E-state index in [1.165, 1.54) is 31.5 Å². The molecule has 1 saturated heterocycles. The molecule has 0 saturated carbocycles. The molecule has 1 unspecified atom stereocenters. The zero-order chi connectivity index (χ0) is 13.0. The van der Waals surface area contributed by atoms with Gasteiger partial charge in [0.2, 0.25) is 0 Å². The zero-order valence-corrected chi connectivity index (χ0v) is 11.9. The molecule has 0 aromatic heterocycles. The van der Waals surface area contributed by atoms with Crippen LogP contribution in [-0.4, -0.2) is 30.1 Å². The maximum atomic E-state index is 6.24. The van der Waals surface area contributed by atoms with E-state index in [9.17, 15) is 0 Å². The predicted octanol–water partition coefficient (Wildman–Crippen LogP) is 3.64. The van der Waals surface area contributed by atoms with Crippen molar-refractivity contribution in [1.29, 1.82) is 0 Å². The van der Waals surface area contributed by atoms with Crippen LogP contribution in [0.15, 0.2) is 30.3 Å². The van der Waals surface area contributed by atoms with Crippen LogP contribution in [0.3, 0.4) is 0 Å². The molecule has 100 valence electrons. The standard InChI is InChI=1S/C16H25NO/c1-16(2,3)18-15(13-17-11-7-8-12-17)14-9-5-4-6-10-14/h4-6,9-10,15H,7-8,11-13H2,1-3H3. The molecule has 1 aromatic rings. The number of nitrogens with zero attached hydrogens (tertiary/aromatic N) is 1. The van der Waals surface area contributed by atoms with E-state index in [1.807, 2.05) is 0 Å². The summed E-state index contributed by atoms with van der Waals surface area (Å²) in [4.78, 5) is 2.52. The fraction of sp³-hybridized carbons (Fsp3) is 0.625. The summed E-state index contributed by atoms with van der Waals surface area (Å²) in [7, 11) is 0. The summed E-state index contributed by atoms with van der Waals surface area (Å²) in [5, 5.41) is 0. The molecular weight excluding hydrogens is 222 g/mol.